The number of aliphatic hydroxyl groups is 1. The predicted molar refractivity (Wildman–Crippen MR) is 80.5 cm³/mol. The number of aromatic nitrogens is 2. The number of fused-ring (bicyclic) bond motifs is 1. The molecule has 102 valence electrons. The van der Waals surface area contributed by atoms with Gasteiger partial charge in [-0.3, -0.25) is 0 Å². The summed E-state index contributed by atoms with van der Waals surface area (Å²) in [5.41, 5.74) is 1.27. The molecule has 1 N–H and O–H groups in total. The zero-order valence-electron chi connectivity index (χ0n) is 11.7. The Bertz CT molecular complexity index is 621. The molecule has 2 rings (SSSR count). The number of pyridine rings is 1. The van der Waals surface area contributed by atoms with Gasteiger partial charge in [-0.2, -0.15) is 0 Å². The van der Waals surface area contributed by atoms with E-state index >= 15 is 0 Å². The van der Waals surface area contributed by atoms with Gasteiger partial charge in [0.05, 0.1) is 11.1 Å². The molecule has 0 aliphatic carbocycles. The van der Waals surface area contributed by atoms with E-state index in [1.165, 1.54) is 0 Å². The summed E-state index contributed by atoms with van der Waals surface area (Å²) in [6.07, 6.45) is 7.55. The molecule has 0 aromatic carbocycles. The van der Waals surface area contributed by atoms with Crippen molar-refractivity contribution >= 4 is 28.6 Å². The Balaban J connectivity index is 2.60. The minimum absolute atomic E-state index is 0.338. The van der Waals surface area contributed by atoms with Crippen LogP contribution < -0.4 is 0 Å². The molecule has 2 heterocycles. The van der Waals surface area contributed by atoms with Crippen LogP contribution in [0.1, 0.15) is 39.3 Å². The summed E-state index contributed by atoms with van der Waals surface area (Å²) < 4.78 is 2.16. The van der Waals surface area contributed by atoms with E-state index in [0.717, 1.165) is 16.5 Å². The van der Waals surface area contributed by atoms with E-state index in [1.54, 1.807) is 26.1 Å². The summed E-state index contributed by atoms with van der Waals surface area (Å²) in [6.45, 7) is 7.75. The van der Waals surface area contributed by atoms with Crippen molar-refractivity contribution in [2.75, 3.05) is 0 Å². The van der Waals surface area contributed by atoms with E-state index in [-0.39, 0.29) is 0 Å². The first kappa shape index (κ1) is 14.1. The van der Waals surface area contributed by atoms with Crippen LogP contribution in [0.5, 0.6) is 0 Å². The first-order valence-corrected chi connectivity index (χ1v) is 6.73. The van der Waals surface area contributed by atoms with Gasteiger partial charge in [-0.1, -0.05) is 23.8 Å². The molecule has 3 nitrogen and oxygen atoms in total. The average molecular weight is 279 g/mol. The summed E-state index contributed by atoms with van der Waals surface area (Å²) in [7, 11) is 0. The van der Waals surface area contributed by atoms with Crippen LogP contribution in [-0.4, -0.2) is 20.3 Å². The fourth-order valence-corrected chi connectivity index (χ4v) is 2.15. The third kappa shape index (κ3) is 3.17. The van der Waals surface area contributed by atoms with Crippen molar-refractivity contribution in [3.63, 3.8) is 0 Å². The molecule has 0 amide bonds. The third-order valence-electron chi connectivity index (χ3n) is 2.94. The Kier molecular flexibility index (Phi) is 3.70. The minimum Gasteiger partial charge on any atom is -0.386 e. The molecular weight excluding hydrogens is 260 g/mol. The molecule has 0 saturated carbocycles. The van der Waals surface area contributed by atoms with Gasteiger partial charge in [-0.15, -0.1) is 0 Å². The molecule has 0 aliphatic heterocycles. The van der Waals surface area contributed by atoms with Crippen molar-refractivity contribution in [2.45, 2.75) is 39.3 Å². The molecule has 0 saturated heterocycles. The molecule has 0 spiro atoms. The van der Waals surface area contributed by atoms with Gasteiger partial charge in [-0.25, -0.2) is 4.98 Å². The second kappa shape index (κ2) is 4.99. The van der Waals surface area contributed by atoms with Gasteiger partial charge < -0.3 is 9.67 Å². The summed E-state index contributed by atoms with van der Waals surface area (Å²) in [5, 5.41) is 11.3. The van der Waals surface area contributed by atoms with Crippen LogP contribution in [0.25, 0.3) is 17.0 Å². The van der Waals surface area contributed by atoms with Gasteiger partial charge in [-0.05, 0) is 33.8 Å². The van der Waals surface area contributed by atoms with Gasteiger partial charge in [0.1, 0.15) is 5.15 Å². The van der Waals surface area contributed by atoms with Crippen LogP contribution in [0.2, 0.25) is 5.15 Å². The van der Waals surface area contributed by atoms with E-state index in [4.69, 9.17) is 11.6 Å². The van der Waals surface area contributed by atoms with Crippen molar-refractivity contribution in [1.29, 1.82) is 0 Å². The molecule has 0 radical (unpaired) electrons. The third-order valence-corrected chi connectivity index (χ3v) is 3.15. The fourth-order valence-electron chi connectivity index (χ4n) is 2.00. The molecule has 2 aromatic rings. The molecule has 0 aliphatic rings. The van der Waals surface area contributed by atoms with Crippen molar-refractivity contribution in [2.24, 2.45) is 0 Å². The van der Waals surface area contributed by atoms with E-state index < -0.39 is 5.60 Å². The summed E-state index contributed by atoms with van der Waals surface area (Å²) in [5.74, 6) is 0. The van der Waals surface area contributed by atoms with Crippen LogP contribution in [0, 0.1) is 0 Å². The number of halogens is 1. The molecule has 19 heavy (non-hydrogen) atoms. The second-order valence-electron chi connectivity index (χ2n) is 5.60. The standard InChI is InChI=1S/C15H19ClN2O/c1-10(2)18-9-11(5-6-15(3,4)19)12-8-17-14(16)7-13(12)18/h5-10,19H,1-4H3/b6-5+. The van der Waals surface area contributed by atoms with Gasteiger partial charge in [0.25, 0.3) is 0 Å². The van der Waals surface area contributed by atoms with Crippen molar-refractivity contribution in [1.82, 2.24) is 9.55 Å². The SMILES string of the molecule is CC(C)n1cc(/C=C/C(C)(C)O)c2cnc(Cl)cc21. The van der Waals surface area contributed by atoms with Crippen LogP contribution in [0.4, 0.5) is 0 Å². The number of hydrogen-bond acceptors (Lipinski definition) is 2. The number of rotatable bonds is 3. The van der Waals surface area contributed by atoms with Crippen LogP contribution >= 0.6 is 11.6 Å². The quantitative estimate of drug-likeness (QED) is 0.860. The molecule has 0 unspecified atom stereocenters. The summed E-state index contributed by atoms with van der Waals surface area (Å²) >= 11 is 5.97. The lowest BCUT2D eigenvalue weighted by atomic mass is 10.1. The molecule has 0 atom stereocenters. The van der Waals surface area contributed by atoms with Crippen molar-refractivity contribution in [3.05, 3.63) is 35.3 Å². The molecule has 4 heteroatoms. The molecule has 0 bridgehead atoms. The summed E-state index contributed by atoms with van der Waals surface area (Å²) in [4.78, 5) is 4.14. The highest BCUT2D eigenvalue weighted by atomic mass is 35.5. The van der Waals surface area contributed by atoms with E-state index in [0.29, 0.717) is 11.2 Å². The largest absolute Gasteiger partial charge is 0.386 e. The van der Waals surface area contributed by atoms with Crippen LogP contribution in [0.3, 0.4) is 0 Å². The Morgan fingerprint density at radius 3 is 2.68 bits per heavy atom. The van der Waals surface area contributed by atoms with Gasteiger partial charge >= 0.3 is 0 Å². The zero-order chi connectivity index (χ0) is 14.2. The van der Waals surface area contributed by atoms with Gasteiger partial charge in [0.15, 0.2) is 0 Å². The lowest BCUT2D eigenvalue weighted by Crippen LogP contribution is -2.13. The van der Waals surface area contributed by atoms with Crippen molar-refractivity contribution < 1.29 is 5.11 Å². The maximum atomic E-state index is 9.78. The first-order chi connectivity index (χ1) is 8.78. The van der Waals surface area contributed by atoms with E-state index in [1.807, 2.05) is 12.1 Å². The Hall–Kier alpha value is -1.32. The van der Waals surface area contributed by atoms with Gasteiger partial charge in [0, 0.05) is 29.4 Å². The average Bonchev–Trinajstić information content (AvgIpc) is 2.63. The highest BCUT2D eigenvalue weighted by molar-refractivity contribution is 6.30. The first-order valence-electron chi connectivity index (χ1n) is 6.35. The smallest absolute Gasteiger partial charge is 0.131 e. The monoisotopic (exact) mass is 278 g/mol. The molecule has 0 fully saturated rings. The van der Waals surface area contributed by atoms with Crippen LogP contribution in [-0.2, 0) is 0 Å². The van der Waals surface area contributed by atoms with Crippen LogP contribution in [0.15, 0.2) is 24.5 Å². The lowest BCUT2D eigenvalue weighted by molar-refractivity contribution is 0.134. The summed E-state index contributed by atoms with van der Waals surface area (Å²) in [6, 6.07) is 2.21. The molecule has 2 aromatic heterocycles. The number of hydrogen-bond donors (Lipinski definition) is 1. The minimum atomic E-state index is -0.827. The maximum Gasteiger partial charge on any atom is 0.131 e. The Labute approximate surface area is 118 Å². The fraction of sp³-hybridized carbons (Fsp3) is 0.400. The van der Waals surface area contributed by atoms with Crippen molar-refractivity contribution in [3.8, 4) is 0 Å². The highest BCUT2D eigenvalue weighted by Gasteiger charge is 2.12. The Morgan fingerprint density at radius 1 is 1.42 bits per heavy atom. The highest BCUT2D eigenvalue weighted by Crippen LogP contribution is 2.27. The normalized spacial score (nSPS) is 13.0. The second-order valence-corrected chi connectivity index (χ2v) is 5.98. The predicted octanol–water partition coefficient (Wildman–Crippen LogP) is 4.05. The van der Waals surface area contributed by atoms with E-state index in [9.17, 15) is 5.11 Å². The zero-order valence-corrected chi connectivity index (χ0v) is 12.4. The Morgan fingerprint density at radius 2 is 2.11 bits per heavy atom. The molecular formula is C15H19ClN2O. The number of nitrogens with zero attached hydrogens (tertiary/aromatic N) is 2. The van der Waals surface area contributed by atoms with E-state index in [2.05, 4.69) is 29.6 Å². The maximum absolute atomic E-state index is 9.78. The van der Waals surface area contributed by atoms with Gasteiger partial charge in [0.2, 0.25) is 0 Å². The topological polar surface area (TPSA) is 38.0 Å². The lowest BCUT2D eigenvalue weighted by Gasteiger charge is -2.09.